The van der Waals surface area contributed by atoms with E-state index in [2.05, 4.69) is 20.4 Å². The summed E-state index contributed by atoms with van der Waals surface area (Å²) in [6.45, 7) is 1.25. The number of aromatic nitrogens is 4. The summed E-state index contributed by atoms with van der Waals surface area (Å²) < 4.78 is 11.1. The first-order valence-corrected chi connectivity index (χ1v) is 9.55. The molecule has 1 saturated heterocycles. The zero-order valence-electron chi connectivity index (χ0n) is 15.6. The van der Waals surface area contributed by atoms with Crippen molar-refractivity contribution in [3.05, 3.63) is 66.4 Å². The predicted molar refractivity (Wildman–Crippen MR) is 104 cm³/mol. The van der Waals surface area contributed by atoms with Crippen LogP contribution in [0, 0.1) is 0 Å². The molecule has 1 N–H and O–H groups in total. The van der Waals surface area contributed by atoms with E-state index in [4.69, 9.17) is 8.83 Å². The van der Waals surface area contributed by atoms with Crippen LogP contribution in [0.4, 0.5) is 0 Å². The van der Waals surface area contributed by atoms with Crippen LogP contribution in [0.1, 0.15) is 35.1 Å². The average molecular weight is 389 g/mol. The summed E-state index contributed by atoms with van der Waals surface area (Å²) in [6.07, 6.45) is 3.11. The number of likely N-dealkylation sites (tertiary alicyclic amines) is 1. The lowest BCUT2D eigenvalue weighted by Crippen LogP contribution is -2.38. The Bertz CT molecular complexity index is 1090. The number of H-pyrrole nitrogens is 1. The van der Waals surface area contributed by atoms with Gasteiger partial charge < -0.3 is 13.7 Å². The van der Waals surface area contributed by atoms with Crippen molar-refractivity contribution < 1.29 is 13.6 Å². The maximum absolute atomic E-state index is 12.8. The molecule has 8 nitrogen and oxygen atoms in total. The molecule has 1 amide bonds. The molecule has 0 spiro atoms. The van der Waals surface area contributed by atoms with E-state index < -0.39 is 0 Å². The number of carbonyl (C=O) groups excluding carboxylic acids is 1. The van der Waals surface area contributed by atoms with Crippen molar-refractivity contribution >= 4 is 5.91 Å². The van der Waals surface area contributed by atoms with Crippen LogP contribution >= 0.6 is 0 Å². The van der Waals surface area contributed by atoms with Crippen LogP contribution in [0.25, 0.3) is 22.9 Å². The zero-order valence-corrected chi connectivity index (χ0v) is 15.6. The van der Waals surface area contributed by atoms with Crippen LogP contribution in [0.15, 0.2) is 63.6 Å². The number of furan rings is 1. The molecule has 0 radical (unpaired) electrons. The fourth-order valence-electron chi connectivity index (χ4n) is 3.59. The number of amides is 1. The molecule has 1 aliphatic heterocycles. The predicted octanol–water partition coefficient (Wildman–Crippen LogP) is 3.74. The molecule has 4 aromatic rings. The van der Waals surface area contributed by atoms with E-state index in [0.29, 0.717) is 36.3 Å². The van der Waals surface area contributed by atoms with Gasteiger partial charge in [-0.3, -0.25) is 9.89 Å². The number of nitrogens with one attached hydrogen (secondary N) is 1. The first-order chi connectivity index (χ1) is 14.3. The Morgan fingerprint density at radius 1 is 1.07 bits per heavy atom. The summed E-state index contributed by atoms with van der Waals surface area (Å²) in [4.78, 5) is 14.7. The molecule has 29 heavy (non-hydrogen) atoms. The van der Waals surface area contributed by atoms with Crippen molar-refractivity contribution in [1.29, 1.82) is 0 Å². The number of rotatable bonds is 4. The topological polar surface area (TPSA) is 101 Å². The van der Waals surface area contributed by atoms with E-state index in [9.17, 15) is 4.79 Å². The monoisotopic (exact) mass is 389 g/mol. The fourth-order valence-corrected chi connectivity index (χ4v) is 3.59. The lowest BCUT2D eigenvalue weighted by atomic mass is 9.96. The van der Waals surface area contributed by atoms with Gasteiger partial charge in [0.1, 0.15) is 5.69 Å². The highest BCUT2D eigenvalue weighted by molar-refractivity contribution is 5.93. The smallest absolute Gasteiger partial charge is 0.283 e. The maximum Gasteiger partial charge on any atom is 0.283 e. The fraction of sp³-hybridized carbons (Fsp3) is 0.238. The molecule has 0 unspecified atom stereocenters. The number of benzene rings is 1. The van der Waals surface area contributed by atoms with Gasteiger partial charge in [-0.1, -0.05) is 30.3 Å². The number of aromatic amines is 1. The number of hydrogen-bond acceptors (Lipinski definition) is 6. The molecular formula is C21H19N5O3. The molecule has 1 aliphatic rings. The molecule has 0 saturated carbocycles. The lowest BCUT2D eigenvalue weighted by molar-refractivity contribution is 0.0700. The van der Waals surface area contributed by atoms with Crippen LogP contribution in [0.2, 0.25) is 0 Å². The summed E-state index contributed by atoms with van der Waals surface area (Å²) in [7, 11) is 0. The van der Waals surface area contributed by atoms with Gasteiger partial charge >= 0.3 is 0 Å². The van der Waals surface area contributed by atoms with Crippen molar-refractivity contribution in [3.8, 4) is 22.9 Å². The van der Waals surface area contributed by atoms with Gasteiger partial charge in [-0.25, -0.2) is 0 Å². The second-order valence-corrected chi connectivity index (χ2v) is 7.02. The standard InChI is InChI=1S/C21H19N5O3/c27-21(17-13-16(22-23-17)14-5-2-1-3-6-14)26-10-8-15(9-11-26)19-24-25-20(29-19)18-7-4-12-28-18/h1-7,12-13,15H,8-11H2,(H,22,23). The SMILES string of the molecule is O=C(c1cc(-c2ccccc2)n[nH]1)N1CCC(c2nnc(-c3ccco3)o2)CC1. The molecule has 4 heterocycles. The van der Waals surface area contributed by atoms with Gasteiger partial charge in [-0.05, 0) is 31.0 Å². The van der Waals surface area contributed by atoms with Gasteiger partial charge in [-0.15, -0.1) is 10.2 Å². The van der Waals surface area contributed by atoms with Gasteiger partial charge in [0, 0.05) is 24.6 Å². The van der Waals surface area contributed by atoms with Gasteiger partial charge in [0.05, 0.1) is 12.0 Å². The Hall–Kier alpha value is -3.68. The second kappa shape index (κ2) is 7.38. The minimum atomic E-state index is -0.0417. The summed E-state index contributed by atoms with van der Waals surface area (Å²) in [5.41, 5.74) is 2.24. The third-order valence-electron chi connectivity index (χ3n) is 5.18. The number of piperidine rings is 1. The van der Waals surface area contributed by atoms with Crippen LogP contribution < -0.4 is 0 Å². The zero-order chi connectivity index (χ0) is 19.6. The Labute approximate surface area is 166 Å². The van der Waals surface area contributed by atoms with E-state index in [0.717, 1.165) is 24.1 Å². The molecule has 0 atom stereocenters. The van der Waals surface area contributed by atoms with Crippen LogP contribution in [-0.2, 0) is 0 Å². The Balaban J connectivity index is 1.23. The second-order valence-electron chi connectivity index (χ2n) is 7.02. The van der Waals surface area contributed by atoms with Gasteiger partial charge in [0.2, 0.25) is 5.89 Å². The highest BCUT2D eigenvalue weighted by Crippen LogP contribution is 2.30. The first kappa shape index (κ1) is 17.4. The number of hydrogen-bond donors (Lipinski definition) is 1. The molecule has 1 aromatic carbocycles. The molecule has 1 fully saturated rings. The average Bonchev–Trinajstić information content (AvgIpc) is 3.55. The molecule has 146 valence electrons. The van der Waals surface area contributed by atoms with E-state index in [-0.39, 0.29) is 11.8 Å². The Kier molecular flexibility index (Phi) is 4.44. The van der Waals surface area contributed by atoms with Gasteiger partial charge in [0.25, 0.3) is 11.8 Å². The first-order valence-electron chi connectivity index (χ1n) is 9.55. The highest BCUT2D eigenvalue weighted by Gasteiger charge is 2.29. The largest absolute Gasteiger partial charge is 0.459 e. The van der Waals surface area contributed by atoms with Gasteiger partial charge in [0.15, 0.2) is 5.76 Å². The van der Waals surface area contributed by atoms with Crippen LogP contribution in [-0.4, -0.2) is 44.3 Å². The normalized spacial score (nSPS) is 15.0. The molecular weight excluding hydrogens is 370 g/mol. The lowest BCUT2D eigenvalue weighted by Gasteiger charge is -2.30. The van der Waals surface area contributed by atoms with E-state index >= 15 is 0 Å². The molecule has 8 heteroatoms. The van der Waals surface area contributed by atoms with Crippen molar-refractivity contribution in [3.63, 3.8) is 0 Å². The number of nitrogens with zero attached hydrogens (tertiary/aromatic N) is 4. The van der Waals surface area contributed by atoms with Crippen molar-refractivity contribution in [1.82, 2.24) is 25.3 Å². The Morgan fingerprint density at radius 2 is 1.90 bits per heavy atom. The molecule has 5 rings (SSSR count). The molecule has 0 bridgehead atoms. The summed E-state index contributed by atoms with van der Waals surface area (Å²) >= 11 is 0. The minimum Gasteiger partial charge on any atom is -0.459 e. The highest BCUT2D eigenvalue weighted by atomic mass is 16.4. The minimum absolute atomic E-state index is 0.0417. The third-order valence-corrected chi connectivity index (χ3v) is 5.18. The van der Waals surface area contributed by atoms with Crippen molar-refractivity contribution in [2.45, 2.75) is 18.8 Å². The van der Waals surface area contributed by atoms with Crippen molar-refractivity contribution in [2.24, 2.45) is 0 Å². The maximum atomic E-state index is 12.8. The van der Waals surface area contributed by atoms with Gasteiger partial charge in [-0.2, -0.15) is 5.10 Å². The Morgan fingerprint density at radius 3 is 2.66 bits per heavy atom. The molecule has 3 aromatic heterocycles. The third kappa shape index (κ3) is 3.44. The summed E-state index contributed by atoms with van der Waals surface area (Å²) in [5.74, 6) is 1.63. The van der Waals surface area contributed by atoms with Crippen LogP contribution in [0.5, 0.6) is 0 Å². The van der Waals surface area contributed by atoms with E-state index in [1.165, 1.54) is 0 Å². The van der Waals surface area contributed by atoms with E-state index in [1.807, 2.05) is 35.2 Å². The number of carbonyl (C=O) groups is 1. The van der Waals surface area contributed by atoms with E-state index in [1.54, 1.807) is 24.5 Å². The summed E-state index contributed by atoms with van der Waals surface area (Å²) in [5, 5.41) is 15.4. The summed E-state index contributed by atoms with van der Waals surface area (Å²) in [6, 6.07) is 15.2. The quantitative estimate of drug-likeness (QED) is 0.571. The van der Waals surface area contributed by atoms with Crippen molar-refractivity contribution in [2.75, 3.05) is 13.1 Å². The van der Waals surface area contributed by atoms with Crippen LogP contribution in [0.3, 0.4) is 0 Å². The molecule has 0 aliphatic carbocycles.